The Hall–Kier alpha value is -0.270. The summed E-state index contributed by atoms with van der Waals surface area (Å²) >= 11 is 4.83. The van der Waals surface area contributed by atoms with E-state index in [0.29, 0.717) is 12.2 Å². The van der Waals surface area contributed by atoms with Crippen LogP contribution < -0.4 is 5.73 Å². The van der Waals surface area contributed by atoms with Gasteiger partial charge in [0.2, 0.25) is 5.91 Å². The number of nitrogens with two attached hydrogens (primary N) is 1. The highest BCUT2D eigenvalue weighted by Crippen LogP contribution is 2.29. The Morgan fingerprint density at radius 1 is 1.33 bits per heavy atom. The van der Waals surface area contributed by atoms with Crippen LogP contribution in [0, 0.1) is 0 Å². The minimum atomic E-state index is -0.271. The number of nitrogens with zero attached hydrogens (tertiary/aromatic N) is 2. The summed E-state index contributed by atoms with van der Waals surface area (Å²) in [5, 5.41) is 8.07. The standard InChI is InChI=1S/C8H13N3OS3/c1-2-4-13-7-10-11-8(15-7)14-5-3-6(9)12/h2-5H2,1H3,(H2,9,12). The van der Waals surface area contributed by atoms with Crippen molar-refractivity contribution in [3.05, 3.63) is 0 Å². The Labute approximate surface area is 101 Å². The van der Waals surface area contributed by atoms with Crippen LogP contribution in [0.15, 0.2) is 8.68 Å². The number of aromatic nitrogens is 2. The van der Waals surface area contributed by atoms with Crippen LogP contribution >= 0.6 is 34.9 Å². The molecule has 1 rings (SSSR count). The highest BCUT2D eigenvalue weighted by atomic mass is 32.2. The van der Waals surface area contributed by atoms with Gasteiger partial charge >= 0.3 is 0 Å². The number of amides is 1. The van der Waals surface area contributed by atoms with E-state index in [9.17, 15) is 4.79 Å². The summed E-state index contributed by atoms with van der Waals surface area (Å²) in [5.74, 6) is 1.48. The Morgan fingerprint density at radius 2 is 1.93 bits per heavy atom. The van der Waals surface area contributed by atoms with E-state index in [0.717, 1.165) is 20.9 Å². The Bertz CT molecular complexity index is 316. The van der Waals surface area contributed by atoms with E-state index in [-0.39, 0.29) is 5.91 Å². The first-order valence-electron chi connectivity index (χ1n) is 4.59. The SMILES string of the molecule is CCCSc1nnc(SCCC(N)=O)s1. The second-order valence-corrected chi connectivity index (χ2v) is 6.41. The molecule has 1 heterocycles. The molecular formula is C8H13N3OS3. The lowest BCUT2D eigenvalue weighted by atomic mass is 10.5. The molecule has 2 N–H and O–H groups in total. The third-order valence-electron chi connectivity index (χ3n) is 1.39. The normalized spacial score (nSPS) is 10.5. The molecule has 0 saturated heterocycles. The molecule has 0 atom stereocenters. The molecule has 0 aliphatic rings. The van der Waals surface area contributed by atoms with Gasteiger partial charge in [-0.15, -0.1) is 10.2 Å². The lowest BCUT2D eigenvalue weighted by Gasteiger charge is -1.92. The zero-order chi connectivity index (χ0) is 11.1. The summed E-state index contributed by atoms with van der Waals surface area (Å²) in [6.45, 7) is 2.14. The molecule has 0 spiro atoms. The van der Waals surface area contributed by atoms with Crippen LogP contribution in [-0.4, -0.2) is 27.6 Å². The molecule has 0 aromatic carbocycles. The topological polar surface area (TPSA) is 68.9 Å². The molecular weight excluding hydrogens is 250 g/mol. The molecule has 4 nitrogen and oxygen atoms in total. The van der Waals surface area contributed by atoms with E-state index in [1.54, 1.807) is 23.1 Å². The maximum Gasteiger partial charge on any atom is 0.218 e. The minimum absolute atomic E-state index is 0.271. The number of hydrogen-bond donors (Lipinski definition) is 1. The second-order valence-electron chi connectivity index (χ2n) is 2.75. The van der Waals surface area contributed by atoms with E-state index in [1.807, 2.05) is 0 Å². The van der Waals surface area contributed by atoms with Gasteiger partial charge in [-0.3, -0.25) is 4.79 Å². The fourth-order valence-corrected chi connectivity index (χ4v) is 3.71. The van der Waals surface area contributed by atoms with Crippen LogP contribution in [-0.2, 0) is 4.79 Å². The summed E-state index contributed by atoms with van der Waals surface area (Å²) in [7, 11) is 0. The van der Waals surface area contributed by atoms with Crippen LogP contribution in [0.2, 0.25) is 0 Å². The number of carbonyl (C=O) groups is 1. The first kappa shape index (κ1) is 12.8. The third-order valence-corrected chi connectivity index (χ3v) is 4.79. The molecule has 15 heavy (non-hydrogen) atoms. The highest BCUT2D eigenvalue weighted by molar-refractivity contribution is 8.03. The zero-order valence-electron chi connectivity index (χ0n) is 8.43. The largest absolute Gasteiger partial charge is 0.370 e. The maximum absolute atomic E-state index is 10.5. The lowest BCUT2D eigenvalue weighted by molar-refractivity contribution is -0.117. The van der Waals surface area contributed by atoms with Gasteiger partial charge in [-0.2, -0.15) is 0 Å². The molecule has 1 aromatic rings. The van der Waals surface area contributed by atoms with Crippen molar-refractivity contribution in [1.82, 2.24) is 10.2 Å². The summed E-state index contributed by atoms with van der Waals surface area (Å²) in [5.41, 5.74) is 5.04. The fraction of sp³-hybridized carbons (Fsp3) is 0.625. The second kappa shape index (κ2) is 7.08. The van der Waals surface area contributed by atoms with Crippen molar-refractivity contribution in [2.75, 3.05) is 11.5 Å². The van der Waals surface area contributed by atoms with E-state index >= 15 is 0 Å². The van der Waals surface area contributed by atoms with Gasteiger partial charge in [0.15, 0.2) is 8.68 Å². The van der Waals surface area contributed by atoms with Gasteiger partial charge in [-0.1, -0.05) is 41.8 Å². The highest BCUT2D eigenvalue weighted by Gasteiger charge is 2.05. The summed E-state index contributed by atoms with van der Waals surface area (Å²) in [4.78, 5) is 10.5. The van der Waals surface area contributed by atoms with Gasteiger partial charge in [-0.05, 0) is 6.42 Å². The molecule has 0 aliphatic heterocycles. The molecule has 1 aromatic heterocycles. The van der Waals surface area contributed by atoms with Crippen molar-refractivity contribution in [1.29, 1.82) is 0 Å². The summed E-state index contributed by atoms with van der Waals surface area (Å²) in [6, 6.07) is 0. The predicted molar refractivity (Wildman–Crippen MR) is 65.5 cm³/mol. The van der Waals surface area contributed by atoms with Gasteiger partial charge in [0.1, 0.15) is 0 Å². The van der Waals surface area contributed by atoms with E-state index in [2.05, 4.69) is 17.1 Å². The average Bonchev–Trinajstić information content (AvgIpc) is 2.62. The van der Waals surface area contributed by atoms with Crippen LogP contribution in [0.25, 0.3) is 0 Å². The maximum atomic E-state index is 10.5. The monoisotopic (exact) mass is 263 g/mol. The molecule has 0 saturated carbocycles. The van der Waals surface area contributed by atoms with Crippen molar-refractivity contribution >= 4 is 40.8 Å². The van der Waals surface area contributed by atoms with Gasteiger partial charge < -0.3 is 5.73 Å². The van der Waals surface area contributed by atoms with Crippen molar-refractivity contribution in [2.45, 2.75) is 28.4 Å². The predicted octanol–water partition coefficient (Wildman–Crippen LogP) is 2.01. The lowest BCUT2D eigenvalue weighted by Crippen LogP contribution is -2.10. The van der Waals surface area contributed by atoms with E-state index in [4.69, 9.17) is 5.73 Å². The van der Waals surface area contributed by atoms with Gasteiger partial charge in [-0.25, -0.2) is 0 Å². The Kier molecular flexibility index (Phi) is 6.04. The first-order chi connectivity index (χ1) is 7.22. The number of carbonyl (C=O) groups excluding carboxylic acids is 1. The average molecular weight is 263 g/mol. The number of rotatable bonds is 7. The van der Waals surface area contributed by atoms with E-state index in [1.165, 1.54) is 11.8 Å². The number of hydrogen-bond acceptors (Lipinski definition) is 6. The third kappa shape index (κ3) is 5.39. The molecule has 0 bridgehead atoms. The fourth-order valence-electron chi connectivity index (χ4n) is 0.742. The summed E-state index contributed by atoms with van der Waals surface area (Å²) < 4.78 is 1.91. The molecule has 0 aliphatic carbocycles. The molecule has 1 amide bonds. The Morgan fingerprint density at radius 3 is 2.47 bits per heavy atom. The van der Waals surface area contributed by atoms with E-state index < -0.39 is 0 Å². The molecule has 7 heteroatoms. The number of primary amides is 1. The quantitative estimate of drug-likeness (QED) is 0.762. The number of thioether (sulfide) groups is 2. The molecule has 84 valence electrons. The molecule has 0 unspecified atom stereocenters. The first-order valence-corrected chi connectivity index (χ1v) is 7.38. The van der Waals surface area contributed by atoms with Gasteiger partial charge in [0.25, 0.3) is 0 Å². The van der Waals surface area contributed by atoms with Crippen molar-refractivity contribution in [2.24, 2.45) is 5.73 Å². The van der Waals surface area contributed by atoms with Crippen molar-refractivity contribution in [3.8, 4) is 0 Å². The minimum Gasteiger partial charge on any atom is -0.370 e. The zero-order valence-corrected chi connectivity index (χ0v) is 10.9. The van der Waals surface area contributed by atoms with Crippen molar-refractivity contribution in [3.63, 3.8) is 0 Å². The molecule has 0 radical (unpaired) electrons. The summed E-state index contributed by atoms with van der Waals surface area (Å²) in [6.07, 6.45) is 1.52. The van der Waals surface area contributed by atoms with Crippen LogP contribution in [0.5, 0.6) is 0 Å². The van der Waals surface area contributed by atoms with Gasteiger partial charge in [0, 0.05) is 17.9 Å². The van der Waals surface area contributed by atoms with Crippen LogP contribution in [0.1, 0.15) is 19.8 Å². The molecule has 0 fully saturated rings. The van der Waals surface area contributed by atoms with Crippen LogP contribution in [0.3, 0.4) is 0 Å². The van der Waals surface area contributed by atoms with Crippen molar-refractivity contribution < 1.29 is 4.79 Å². The van der Waals surface area contributed by atoms with Gasteiger partial charge in [0.05, 0.1) is 0 Å². The smallest absolute Gasteiger partial charge is 0.218 e. The Balaban J connectivity index is 2.29. The van der Waals surface area contributed by atoms with Crippen LogP contribution in [0.4, 0.5) is 0 Å².